The molecule has 1 saturated carbocycles. The summed E-state index contributed by atoms with van der Waals surface area (Å²) in [6, 6.07) is 0.588. The predicted octanol–water partition coefficient (Wildman–Crippen LogP) is 2.53. The highest BCUT2D eigenvalue weighted by molar-refractivity contribution is 5.50. The molecule has 3 rings (SSSR count). The van der Waals surface area contributed by atoms with Gasteiger partial charge in [0.1, 0.15) is 6.33 Å². The Bertz CT molecular complexity index is 473. The number of hydrogen-bond donors (Lipinski definition) is 1. The second-order valence-electron chi connectivity index (χ2n) is 4.35. The van der Waals surface area contributed by atoms with E-state index < -0.39 is 0 Å². The number of aromatic nitrogens is 4. The van der Waals surface area contributed by atoms with Crippen LogP contribution in [0.4, 0.5) is 11.6 Å². The molecule has 0 aliphatic heterocycles. The minimum atomic E-state index is 0.588. The van der Waals surface area contributed by atoms with Crippen LogP contribution in [-0.4, -0.2) is 19.5 Å². The summed E-state index contributed by atoms with van der Waals surface area (Å²) < 4.78 is 2.22. The van der Waals surface area contributed by atoms with E-state index in [-0.39, 0.29) is 0 Å². The summed E-state index contributed by atoms with van der Waals surface area (Å²) in [5.41, 5.74) is 0.873. The van der Waals surface area contributed by atoms with Crippen LogP contribution in [0.5, 0.6) is 0 Å². The van der Waals surface area contributed by atoms with E-state index in [0.29, 0.717) is 6.04 Å². The van der Waals surface area contributed by atoms with Gasteiger partial charge in [0.15, 0.2) is 0 Å². The Labute approximate surface area is 99.9 Å². The summed E-state index contributed by atoms with van der Waals surface area (Å²) in [5.74, 6) is 0.881. The van der Waals surface area contributed by atoms with E-state index in [2.05, 4.69) is 24.8 Å². The van der Waals surface area contributed by atoms with Crippen molar-refractivity contribution in [3.63, 3.8) is 0 Å². The highest BCUT2D eigenvalue weighted by atomic mass is 15.2. The fraction of sp³-hybridized carbons (Fsp3) is 0.417. The fourth-order valence-electron chi connectivity index (χ4n) is 2.38. The lowest BCUT2D eigenvalue weighted by Crippen LogP contribution is -2.08. The van der Waals surface area contributed by atoms with Crippen molar-refractivity contribution in [2.75, 3.05) is 5.32 Å². The third-order valence-corrected chi connectivity index (χ3v) is 3.20. The largest absolute Gasteiger partial charge is 0.323 e. The minimum absolute atomic E-state index is 0.588. The second kappa shape index (κ2) is 4.53. The maximum atomic E-state index is 4.35. The Morgan fingerprint density at radius 2 is 1.94 bits per heavy atom. The van der Waals surface area contributed by atoms with E-state index in [9.17, 15) is 0 Å². The zero-order valence-electron chi connectivity index (χ0n) is 9.58. The van der Waals surface area contributed by atoms with Crippen molar-refractivity contribution in [2.45, 2.75) is 31.7 Å². The van der Waals surface area contributed by atoms with Gasteiger partial charge in [0, 0.05) is 18.4 Å². The summed E-state index contributed by atoms with van der Waals surface area (Å²) in [7, 11) is 0. The van der Waals surface area contributed by atoms with E-state index >= 15 is 0 Å². The summed E-state index contributed by atoms with van der Waals surface area (Å²) in [6.45, 7) is 0. The predicted molar refractivity (Wildman–Crippen MR) is 65.0 cm³/mol. The summed E-state index contributed by atoms with van der Waals surface area (Å²) >= 11 is 0. The Hall–Kier alpha value is -1.91. The zero-order chi connectivity index (χ0) is 11.5. The molecule has 88 valence electrons. The first-order valence-electron chi connectivity index (χ1n) is 5.98. The molecule has 2 heterocycles. The number of imidazole rings is 1. The maximum Gasteiger partial charge on any atom is 0.207 e. The van der Waals surface area contributed by atoms with Gasteiger partial charge in [-0.1, -0.05) is 12.8 Å². The summed E-state index contributed by atoms with van der Waals surface area (Å²) in [6.07, 6.45) is 14.0. The first kappa shape index (κ1) is 10.3. The molecule has 5 heteroatoms. The van der Waals surface area contributed by atoms with Crippen LogP contribution in [-0.2, 0) is 0 Å². The normalized spacial score (nSPS) is 16.2. The van der Waals surface area contributed by atoms with Crippen LogP contribution >= 0.6 is 0 Å². The molecule has 2 aromatic heterocycles. The molecular weight excluding hydrogens is 214 g/mol. The number of nitrogens with zero attached hydrogens (tertiary/aromatic N) is 4. The zero-order valence-corrected chi connectivity index (χ0v) is 9.58. The highest BCUT2D eigenvalue weighted by Gasteiger charge is 2.19. The van der Waals surface area contributed by atoms with Gasteiger partial charge in [-0.05, 0) is 12.8 Å². The molecule has 0 spiro atoms. The van der Waals surface area contributed by atoms with E-state index in [1.54, 1.807) is 12.4 Å². The molecule has 5 nitrogen and oxygen atoms in total. The maximum absolute atomic E-state index is 4.35. The molecular formula is C12H15N5. The molecule has 1 N–H and O–H groups in total. The fourth-order valence-corrected chi connectivity index (χ4v) is 2.38. The first-order valence-corrected chi connectivity index (χ1v) is 5.98. The SMILES string of the molecule is c1ncc(Nc2nccn2C2CCCC2)cn1. The van der Waals surface area contributed by atoms with Gasteiger partial charge < -0.3 is 9.88 Å². The molecule has 1 fully saturated rings. The molecule has 0 atom stereocenters. The lowest BCUT2D eigenvalue weighted by atomic mass is 10.2. The number of rotatable bonds is 3. The van der Waals surface area contributed by atoms with E-state index in [1.165, 1.54) is 32.0 Å². The van der Waals surface area contributed by atoms with Crippen LogP contribution in [0.2, 0.25) is 0 Å². The molecule has 0 unspecified atom stereocenters. The van der Waals surface area contributed by atoms with Crippen molar-refractivity contribution in [1.29, 1.82) is 0 Å². The van der Waals surface area contributed by atoms with Gasteiger partial charge in [-0.3, -0.25) is 0 Å². The smallest absolute Gasteiger partial charge is 0.207 e. The monoisotopic (exact) mass is 229 g/mol. The molecule has 0 bridgehead atoms. The van der Waals surface area contributed by atoms with Crippen molar-refractivity contribution >= 4 is 11.6 Å². The van der Waals surface area contributed by atoms with Crippen LogP contribution in [0.1, 0.15) is 31.7 Å². The Morgan fingerprint density at radius 1 is 1.18 bits per heavy atom. The lowest BCUT2D eigenvalue weighted by molar-refractivity contribution is 0.525. The van der Waals surface area contributed by atoms with Crippen molar-refractivity contribution < 1.29 is 0 Å². The third-order valence-electron chi connectivity index (χ3n) is 3.20. The van der Waals surface area contributed by atoms with Gasteiger partial charge >= 0.3 is 0 Å². The third kappa shape index (κ3) is 2.13. The van der Waals surface area contributed by atoms with Gasteiger partial charge in [0.25, 0.3) is 0 Å². The average molecular weight is 229 g/mol. The minimum Gasteiger partial charge on any atom is -0.323 e. The Balaban J connectivity index is 1.81. The molecule has 0 amide bonds. The number of hydrogen-bond acceptors (Lipinski definition) is 4. The molecule has 1 aliphatic carbocycles. The van der Waals surface area contributed by atoms with Crippen molar-refractivity contribution in [1.82, 2.24) is 19.5 Å². The van der Waals surface area contributed by atoms with Crippen molar-refractivity contribution in [3.8, 4) is 0 Å². The van der Waals surface area contributed by atoms with Crippen LogP contribution in [0.3, 0.4) is 0 Å². The van der Waals surface area contributed by atoms with Gasteiger partial charge in [-0.25, -0.2) is 15.0 Å². The van der Waals surface area contributed by atoms with Crippen LogP contribution < -0.4 is 5.32 Å². The molecule has 0 saturated heterocycles. The topological polar surface area (TPSA) is 55.6 Å². The van der Waals surface area contributed by atoms with Gasteiger partial charge in [0.2, 0.25) is 5.95 Å². The standard InChI is InChI=1S/C12H15N5/c1-2-4-11(3-1)17-6-5-15-12(17)16-10-7-13-9-14-8-10/h5-9,11H,1-4H2,(H,15,16). The van der Waals surface area contributed by atoms with Crippen molar-refractivity contribution in [3.05, 3.63) is 31.1 Å². The lowest BCUT2D eigenvalue weighted by Gasteiger charge is -2.15. The van der Waals surface area contributed by atoms with Crippen LogP contribution in [0, 0.1) is 0 Å². The summed E-state index contributed by atoms with van der Waals surface area (Å²) in [5, 5.41) is 3.26. The van der Waals surface area contributed by atoms with Crippen LogP contribution in [0.25, 0.3) is 0 Å². The number of nitrogens with one attached hydrogen (secondary N) is 1. The van der Waals surface area contributed by atoms with E-state index in [1.807, 2.05) is 12.4 Å². The van der Waals surface area contributed by atoms with Gasteiger partial charge in [-0.2, -0.15) is 0 Å². The Morgan fingerprint density at radius 3 is 2.71 bits per heavy atom. The first-order chi connectivity index (χ1) is 8.43. The molecule has 0 aromatic carbocycles. The number of anilines is 2. The van der Waals surface area contributed by atoms with Crippen LogP contribution in [0.15, 0.2) is 31.1 Å². The van der Waals surface area contributed by atoms with Gasteiger partial charge in [0.05, 0.1) is 18.1 Å². The van der Waals surface area contributed by atoms with E-state index in [0.717, 1.165) is 11.6 Å². The molecule has 1 aliphatic rings. The molecule has 0 radical (unpaired) electrons. The molecule has 17 heavy (non-hydrogen) atoms. The quantitative estimate of drug-likeness (QED) is 0.878. The summed E-state index contributed by atoms with van der Waals surface area (Å²) in [4.78, 5) is 12.3. The highest BCUT2D eigenvalue weighted by Crippen LogP contribution is 2.31. The van der Waals surface area contributed by atoms with Crippen molar-refractivity contribution in [2.24, 2.45) is 0 Å². The second-order valence-corrected chi connectivity index (χ2v) is 4.35. The van der Waals surface area contributed by atoms with Gasteiger partial charge in [-0.15, -0.1) is 0 Å². The van der Waals surface area contributed by atoms with E-state index in [4.69, 9.17) is 0 Å². The molecule has 2 aromatic rings. The average Bonchev–Trinajstić information content (AvgIpc) is 3.00. The Kier molecular flexibility index (Phi) is 2.73.